The summed E-state index contributed by atoms with van der Waals surface area (Å²) in [7, 11) is 1.63. The molecule has 2 rings (SSSR count). The Hall–Kier alpha value is -1.43. The summed E-state index contributed by atoms with van der Waals surface area (Å²) < 4.78 is 5.08. The minimum Gasteiger partial charge on any atom is -0.383 e. The maximum atomic E-state index is 12.3. The molecular formula is C12H20N4O2. The van der Waals surface area contributed by atoms with Crippen LogP contribution in [0.4, 0.5) is 0 Å². The van der Waals surface area contributed by atoms with Crippen LogP contribution in [0, 0.1) is 0 Å². The van der Waals surface area contributed by atoms with E-state index < -0.39 is 0 Å². The zero-order valence-electron chi connectivity index (χ0n) is 11.1. The Kier molecular flexibility index (Phi) is 3.96. The molecule has 1 fully saturated rings. The molecule has 1 amide bonds. The molecule has 0 bridgehead atoms. The summed E-state index contributed by atoms with van der Waals surface area (Å²) in [5.74, 6) is 1.45. The van der Waals surface area contributed by atoms with Crippen LogP contribution in [-0.2, 0) is 4.74 Å². The third kappa shape index (κ3) is 2.69. The quantitative estimate of drug-likeness (QED) is 0.825. The number of H-pyrrole nitrogens is 1. The molecule has 1 heterocycles. The number of amides is 1. The average molecular weight is 252 g/mol. The fourth-order valence-electron chi connectivity index (χ4n) is 2.02. The lowest BCUT2D eigenvalue weighted by atomic mass is 10.3. The molecule has 1 aliphatic rings. The summed E-state index contributed by atoms with van der Waals surface area (Å²) in [6, 6.07) is 0.0235. The molecule has 1 unspecified atom stereocenters. The van der Waals surface area contributed by atoms with E-state index in [2.05, 4.69) is 15.2 Å². The van der Waals surface area contributed by atoms with Gasteiger partial charge in [0.25, 0.3) is 5.91 Å². The number of methoxy groups -OCH3 is 1. The van der Waals surface area contributed by atoms with Crippen LogP contribution in [0.5, 0.6) is 0 Å². The molecule has 0 aliphatic heterocycles. The number of nitrogens with zero attached hydrogens (tertiary/aromatic N) is 3. The van der Waals surface area contributed by atoms with E-state index in [0.717, 1.165) is 18.7 Å². The first-order valence-corrected chi connectivity index (χ1v) is 6.39. The van der Waals surface area contributed by atoms with Crippen molar-refractivity contribution in [3.8, 4) is 0 Å². The van der Waals surface area contributed by atoms with Crippen LogP contribution in [-0.4, -0.2) is 52.3 Å². The molecule has 1 aromatic heterocycles. The first-order valence-electron chi connectivity index (χ1n) is 6.39. The van der Waals surface area contributed by atoms with Crippen molar-refractivity contribution < 1.29 is 9.53 Å². The molecule has 0 aromatic carbocycles. The van der Waals surface area contributed by atoms with Crippen LogP contribution in [0.25, 0.3) is 0 Å². The second-order valence-electron chi connectivity index (χ2n) is 4.71. The van der Waals surface area contributed by atoms with E-state index in [1.807, 2.05) is 13.8 Å². The summed E-state index contributed by atoms with van der Waals surface area (Å²) >= 11 is 0. The molecule has 1 saturated carbocycles. The number of hydrogen-bond acceptors (Lipinski definition) is 4. The fraction of sp³-hybridized carbons (Fsp3) is 0.750. The first kappa shape index (κ1) is 13.0. The Morgan fingerprint density at radius 2 is 2.33 bits per heavy atom. The van der Waals surface area contributed by atoms with Crippen LogP contribution in [0.3, 0.4) is 0 Å². The van der Waals surface area contributed by atoms with Crippen molar-refractivity contribution in [2.75, 3.05) is 20.3 Å². The van der Waals surface area contributed by atoms with E-state index in [4.69, 9.17) is 4.74 Å². The molecule has 0 spiro atoms. The van der Waals surface area contributed by atoms with Crippen LogP contribution in [0.1, 0.15) is 49.1 Å². The van der Waals surface area contributed by atoms with Gasteiger partial charge in [0, 0.05) is 19.6 Å². The van der Waals surface area contributed by atoms with Gasteiger partial charge in [-0.05, 0) is 26.7 Å². The fourth-order valence-corrected chi connectivity index (χ4v) is 2.02. The predicted octanol–water partition coefficient (Wildman–Crippen LogP) is 1.18. The zero-order valence-corrected chi connectivity index (χ0v) is 11.1. The van der Waals surface area contributed by atoms with Gasteiger partial charge in [0.15, 0.2) is 0 Å². The molecular weight excluding hydrogens is 232 g/mol. The monoisotopic (exact) mass is 252 g/mol. The van der Waals surface area contributed by atoms with Gasteiger partial charge in [0.05, 0.1) is 12.6 Å². The molecule has 1 atom stereocenters. The summed E-state index contributed by atoms with van der Waals surface area (Å²) in [6.45, 7) is 5.04. The molecule has 6 heteroatoms. The molecule has 100 valence electrons. The van der Waals surface area contributed by atoms with Gasteiger partial charge in [0.1, 0.15) is 5.82 Å². The summed E-state index contributed by atoms with van der Waals surface area (Å²) in [4.78, 5) is 18.3. The van der Waals surface area contributed by atoms with E-state index in [-0.39, 0.29) is 17.8 Å². The topological polar surface area (TPSA) is 71.1 Å². The molecule has 0 saturated heterocycles. The van der Waals surface area contributed by atoms with Gasteiger partial charge in [-0.25, -0.2) is 4.98 Å². The smallest absolute Gasteiger partial charge is 0.293 e. The number of rotatable bonds is 6. The maximum absolute atomic E-state index is 12.3. The Balaban J connectivity index is 2.06. The largest absolute Gasteiger partial charge is 0.383 e. The number of aromatic amines is 1. The third-order valence-corrected chi connectivity index (χ3v) is 3.20. The van der Waals surface area contributed by atoms with Gasteiger partial charge < -0.3 is 9.64 Å². The van der Waals surface area contributed by atoms with Crippen LogP contribution in [0.15, 0.2) is 0 Å². The maximum Gasteiger partial charge on any atom is 0.293 e. The zero-order chi connectivity index (χ0) is 13.1. The number of hydrogen-bond donors (Lipinski definition) is 1. The summed E-state index contributed by atoms with van der Waals surface area (Å²) in [6.07, 6.45) is 2.28. The van der Waals surface area contributed by atoms with Crippen molar-refractivity contribution in [3.63, 3.8) is 0 Å². The van der Waals surface area contributed by atoms with E-state index in [1.165, 1.54) is 0 Å². The SMILES string of the molecule is CCN(C(=O)c1n[nH]c(C2CC2)n1)C(C)COC. The van der Waals surface area contributed by atoms with Gasteiger partial charge in [-0.1, -0.05) is 0 Å². The Morgan fingerprint density at radius 3 is 2.89 bits per heavy atom. The first-order chi connectivity index (χ1) is 8.67. The van der Waals surface area contributed by atoms with Gasteiger partial charge in [-0.15, -0.1) is 5.10 Å². The highest BCUT2D eigenvalue weighted by Gasteiger charge is 2.29. The molecule has 1 aliphatic carbocycles. The van der Waals surface area contributed by atoms with Gasteiger partial charge >= 0.3 is 0 Å². The molecule has 1 N–H and O–H groups in total. The van der Waals surface area contributed by atoms with Crippen LogP contribution in [0.2, 0.25) is 0 Å². The Labute approximate surface area is 107 Å². The van der Waals surface area contributed by atoms with Crippen LogP contribution < -0.4 is 0 Å². The molecule has 6 nitrogen and oxygen atoms in total. The van der Waals surface area contributed by atoms with Gasteiger partial charge in [-0.2, -0.15) is 0 Å². The van der Waals surface area contributed by atoms with Crippen molar-refractivity contribution in [1.82, 2.24) is 20.1 Å². The molecule has 1 aromatic rings. The standard InChI is InChI=1S/C12H20N4O2/c1-4-16(8(2)7-18-3)12(17)11-13-10(14-15-11)9-5-6-9/h8-9H,4-7H2,1-3H3,(H,13,14,15). The van der Waals surface area contributed by atoms with Crippen LogP contribution >= 0.6 is 0 Å². The number of nitrogens with one attached hydrogen (secondary N) is 1. The predicted molar refractivity (Wildman–Crippen MR) is 66.4 cm³/mol. The highest BCUT2D eigenvalue weighted by atomic mass is 16.5. The number of likely N-dealkylation sites (N-methyl/N-ethyl adjacent to an activating group) is 1. The second kappa shape index (κ2) is 5.48. The van der Waals surface area contributed by atoms with Crippen molar-refractivity contribution in [1.29, 1.82) is 0 Å². The van der Waals surface area contributed by atoms with Crippen molar-refractivity contribution in [2.45, 2.75) is 38.6 Å². The minimum atomic E-state index is -0.134. The highest BCUT2D eigenvalue weighted by molar-refractivity contribution is 5.90. The Morgan fingerprint density at radius 1 is 1.61 bits per heavy atom. The minimum absolute atomic E-state index is 0.0235. The van der Waals surface area contributed by atoms with Crippen molar-refractivity contribution >= 4 is 5.91 Å². The Bertz CT molecular complexity index is 414. The van der Waals surface area contributed by atoms with E-state index in [1.54, 1.807) is 12.0 Å². The summed E-state index contributed by atoms with van der Waals surface area (Å²) in [5.41, 5.74) is 0. The number of carbonyl (C=O) groups excluding carboxylic acids is 1. The number of aromatic nitrogens is 3. The lowest BCUT2D eigenvalue weighted by Crippen LogP contribution is -2.41. The van der Waals surface area contributed by atoms with Gasteiger partial charge in [-0.3, -0.25) is 9.89 Å². The molecule has 18 heavy (non-hydrogen) atoms. The number of ether oxygens (including phenoxy) is 1. The second-order valence-corrected chi connectivity index (χ2v) is 4.71. The average Bonchev–Trinajstić information content (AvgIpc) is 3.08. The summed E-state index contributed by atoms with van der Waals surface area (Å²) in [5, 5.41) is 6.88. The van der Waals surface area contributed by atoms with Crippen molar-refractivity contribution in [3.05, 3.63) is 11.6 Å². The van der Waals surface area contributed by atoms with E-state index in [0.29, 0.717) is 19.1 Å². The third-order valence-electron chi connectivity index (χ3n) is 3.20. The van der Waals surface area contributed by atoms with E-state index >= 15 is 0 Å². The van der Waals surface area contributed by atoms with Crippen molar-refractivity contribution in [2.24, 2.45) is 0 Å². The van der Waals surface area contributed by atoms with Gasteiger partial charge in [0.2, 0.25) is 5.82 Å². The number of carbonyl (C=O) groups is 1. The lowest BCUT2D eigenvalue weighted by molar-refractivity contribution is 0.0568. The lowest BCUT2D eigenvalue weighted by Gasteiger charge is -2.26. The molecule has 0 radical (unpaired) electrons. The normalized spacial score (nSPS) is 16.6. The highest BCUT2D eigenvalue weighted by Crippen LogP contribution is 2.37. The van der Waals surface area contributed by atoms with E-state index in [9.17, 15) is 4.79 Å².